The summed E-state index contributed by atoms with van der Waals surface area (Å²) in [6.07, 6.45) is 14.9. The molecular formula is C14H28P2. The van der Waals surface area contributed by atoms with Crippen LogP contribution >= 0.6 is 18.5 Å². The minimum atomic E-state index is 1.03. The summed E-state index contributed by atoms with van der Waals surface area (Å²) in [7, 11) is 5.87. The average Bonchev–Trinajstić information content (AvgIpc) is 2.39. The van der Waals surface area contributed by atoms with E-state index >= 15 is 0 Å². The summed E-state index contributed by atoms with van der Waals surface area (Å²) in [5.41, 5.74) is 0. The fourth-order valence-electron chi connectivity index (χ4n) is 3.79. The Hall–Kier alpha value is 0.860. The number of rotatable bonds is 3. The standard InChI is InChI=1S/C14H28P2/c15-9-11-1-5-13(6-2-11)14-7-3-12(10-16)4-8-14/h11-14H,1-10,15-16H2. The van der Waals surface area contributed by atoms with Crippen LogP contribution in [0.2, 0.25) is 0 Å². The van der Waals surface area contributed by atoms with Crippen LogP contribution in [-0.4, -0.2) is 12.3 Å². The van der Waals surface area contributed by atoms with E-state index in [1.807, 2.05) is 0 Å². The van der Waals surface area contributed by atoms with E-state index in [1.165, 1.54) is 63.7 Å². The monoisotopic (exact) mass is 258 g/mol. The summed E-state index contributed by atoms with van der Waals surface area (Å²) in [6, 6.07) is 0. The fraction of sp³-hybridized carbons (Fsp3) is 1.00. The first-order valence-electron chi connectivity index (χ1n) is 7.23. The molecule has 16 heavy (non-hydrogen) atoms. The van der Waals surface area contributed by atoms with Crippen molar-refractivity contribution in [3.05, 3.63) is 0 Å². The van der Waals surface area contributed by atoms with Gasteiger partial charge in [-0.05, 0) is 87.4 Å². The Labute approximate surface area is 106 Å². The smallest absolute Gasteiger partial charge is 0.0353 e. The second-order valence-corrected chi connectivity index (χ2v) is 6.98. The summed E-state index contributed by atoms with van der Waals surface area (Å²) in [6.45, 7) is 0. The molecule has 0 aliphatic heterocycles. The molecule has 0 aromatic rings. The van der Waals surface area contributed by atoms with E-state index in [4.69, 9.17) is 0 Å². The Kier molecular flexibility index (Phi) is 5.57. The molecule has 2 heteroatoms. The second kappa shape index (κ2) is 6.70. The molecule has 94 valence electrons. The number of hydrogen-bond donors (Lipinski definition) is 0. The van der Waals surface area contributed by atoms with Gasteiger partial charge in [-0.2, -0.15) is 0 Å². The lowest BCUT2D eigenvalue weighted by molar-refractivity contribution is 0.157. The van der Waals surface area contributed by atoms with Crippen molar-refractivity contribution >= 4 is 18.5 Å². The third kappa shape index (κ3) is 3.43. The lowest BCUT2D eigenvalue weighted by Gasteiger charge is -2.37. The highest BCUT2D eigenvalue weighted by atomic mass is 31.0. The topological polar surface area (TPSA) is 0 Å². The summed E-state index contributed by atoms with van der Waals surface area (Å²) >= 11 is 0. The Morgan fingerprint density at radius 3 is 1.12 bits per heavy atom. The molecule has 0 bridgehead atoms. The molecule has 0 spiro atoms. The van der Waals surface area contributed by atoms with Crippen LogP contribution in [0.25, 0.3) is 0 Å². The summed E-state index contributed by atoms with van der Waals surface area (Å²) in [5.74, 6) is 4.26. The first-order valence-corrected chi connectivity index (χ1v) is 8.87. The van der Waals surface area contributed by atoms with Gasteiger partial charge >= 0.3 is 0 Å². The molecule has 2 aliphatic carbocycles. The summed E-state index contributed by atoms with van der Waals surface area (Å²) < 4.78 is 0. The van der Waals surface area contributed by atoms with E-state index in [-0.39, 0.29) is 0 Å². The van der Waals surface area contributed by atoms with Crippen molar-refractivity contribution in [3.8, 4) is 0 Å². The zero-order valence-electron chi connectivity index (χ0n) is 10.5. The van der Waals surface area contributed by atoms with Crippen LogP contribution in [0.3, 0.4) is 0 Å². The lowest BCUT2D eigenvalue weighted by Crippen LogP contribution is -2.26. The molecule has 0 radical (unpaired) electrons. The molecule has 2 rings (SSSR count). The highest BCUT2D eigenvalue weighted by Crippen LogP contribution is 2.41. The molecular weight excluding hydrogens is 230 g/mol. The molecule has 0 heterocycles. The Bertz CT molecular complexity index is 167. The van der Waals surface area contributed by atoms with Crippen molar-refractivity contribution < 1.29 is 0 Å². The average molecular weight is 258 g/mol. The van der Waals surface area contributed by atoms with E-state index in [0.29, 0.717) is 0 Å². The molecule has 2 aliphatic rings. The maximum Gasteiger partial charge on any atom is -0.0353 e. The van der Waals surface area contributed by atoms with Crippen molar-refractivity contribution in [2.75, 3.05) is 12.3 Å². The van der Waals surface area contributed by atoms with Gasteiger partial charge in [-0.1, -0.05) is 0 Å². The maximum absolute atomic E-state index is 2.94. The van der Waals surface area contributed by atoms with Gasteiger partial charge in [0.15, 0.2) is 0 Å². The van der Waals surface area contributed by atoms with Gasteiger partial charge in [0.25, 0.3) is 0 Å². The SMILES string of the molecule is PCC1CCC(C2CCC(CP)CC2)CC1. The summed E-state index contributed by atoms with van der Waals surface area (Å²) in [5, 5.41) is 0. The van der Waals surface area contributed by atoms with Crippen LogP contribution in [0.1, 0.15) is 51.4 Å². The Balaban J connectivity index is 1.73. The second-order valence-electron chi connectivity index (χ2n) is 6.03. The highest BCUT2D eigenvalue weighted by Gasteiger charge is 2.29. The molecule has 0 aromatic heterocycles. The van der Waals surface area contributed by atoms with Crippen LogP contribution in [0, 0.1) is 23.7 Å². The largest absolute Gasteiger partial charge is 0.137 e. The number of hydrogen-bond acceptors (Lipinski definition) is 0. The molecule has 2 unspecified atom stereocenters. The van der Waals surface area contributed by atoms with Gasteiger partial charge in [-0.3, -0.25) is 0 Å². The summed E-state index contributed by atoms with van der Waals surface area (Å²) in [4.78, 5) is 0. The van der Waals surface area contributed by atoms with Crippen molar-refractivity contribution in [2.24, 2.45) is 23.7 Å². The molecule has 0 aromatic carbocycles. The highest BCUT2D eigenvalue weighted by molar-refractivity contribution is 7.16. The van der Waals surface area contributed by atoms with Crippen molar-refractivity contribution in [1.29, 1.82) is 0 Å². The Morgan fingerprint density at radius 2 is 0.875 bits per heavy atom. The van der Waals surface area contributed by atoms with Gasteiger partial charge in [-0.25, -0.2) is 0 Å². The Morgan fingerprint density at radius 1 is 0.562 bits per heavy atom. The lowest BCUT2D eigenvalue weighted by atomic mass is 9.70. The quantitative estimate of drug-likeness (QED) is 0.660. The van der Waals surface area contributed by atoms with Crippen LogP contribution in [-0.2, 0) is 0 Å². The van der Waals surface area contributed by atoms with E-state index in [1.54, 1.807) is 0 Å². The molecule has 0 amide bonds. The van der Waals surface area contributed by atoms with Gasteiger partial charge in [0, 0.05) is 0 Å². The fourth-order valence-corrected chi connectivity index (χ4v) is 4.73. The first kappa shape index (κ1) is 13.3. The first-order chi connectivity index (χ1) is 7.83. The molecule has 2 saturated carbocycles. The zero-order chi connectivity index (χ0) is 11.4. The van der Waals surface area contributed by atoms with E-state index in [9.17, 15) is 0 Å². The maximum atomic E-state index is 2.94. The predicted molar refractivity (Wildman–Crippen MR) is 80.1 cm³/mol. The van der Waals surface area contributed by atoms with Gasteiger partial charge < -0.3 is 0 Å². The predicted octanol–water partition coefficient (Wildman–Crippen LogP) is 4.35. The van der Waals surface area contributed by atoms with Crippen LogP contribution in [0.4, 0.5) is 0 Å². The molecule has 0 N–H and O–H groups in total. The molecule has 0 saturated heterocycles. The van der Waals surface area contributed by atoms with Crippen LogP contribution in [0.15, 0.2) is 0 Å². The van der Waals surface area contributed by atoms with E-state index < -0.39 is 0 Å². The third-order valence-corrected chi connectivity index (χ3v) is 6.45. The molecule has 2 fully saturated rings. The van der Waals surface area contributed by atoms with Crippen LogP contribution in [0.5, 0.6) is 0 Å². The third-order valence-electron chi connectivity index (χ3n) is 5.12. The minimum absolute atomic E-state index is 1.03. The van der Waals surface area contributed by atoms with Gasteiger partial charge in [-0.15, -0.1) is 18.5 Å². The zero-order valence-corrected chi connectivity index (χ0v) is 12.8. The van der Waals surface area contributed by atoms with Crippen LogP contribution < -0.4 is 0 Å². The van der Waals surface area contributed by atoms with Gasteiger partial charge in [0.1, 0.15) is 0 Å². The minimum Gasteiger partial charge on any atom is -0.137 e. The van der Waals surface area contributed by atoms with E-state index in [2.05, 4.69) is 18.5 Å². The van der Waals surface area contributed by atoms with Gasteiger partial charge in [0.05, 0.1) is 0 Å². The van der Waals surface area contributed by atoms with Crippen molar-refractivity contribution in [1.82, 2.24) is 0 Å². The normalized spacial score (nSPS) is 40.9. The molecule has 0 nitrogen and oxygen atoms in total. The van der Waals surface area contributed by atoms with Crippen molar-refractivity contribution in [3.63, 3.8) is 0 Å². The van der Waals surface area contributed by atoms with Gasteiger partial charge in [0.2, 0.25) is 0 Å². The van der Waals surface area contributed by atoms with Crippen molar-refractivity contribution in [2.45, 2.75) is 51.4 Å². The van der Waals surface area contributed by atoms with E-state index in [0.717, 1.165) is 23.7 Å². The molecule has 2 atom stereocenters.